The van der Waals surface area contributed by atoms with Crippen molar-refractivity contribution < 1.29 is 25.8 Å². The van der Waals surface area contributed by atoms with Gasteiger partial charge in [-0.05, 0) is 95.3 Å². The molecule has 0 N–H and O–H groups in total. The number of hydrogen-bond donors (Lipinski definition) is 0. The minimum Gasteiger partial charge on any atom is -0.509 e. The normalized spacial score (nSPS) is 13.9. The largest absolute Gasteiger partial charge is 0.509 e. The van der Waals surface area contributed by atoms with Gasteiger partial charge in [-0.2, -0.15) is 12.7 Å². The van der Waals surface area contributed by atoms with Crippen molar-refractivity contribution in [2.45, 2.75) is 125 Å². The first kappa shape index (κ1) is 40.6. The Labute approximate surface area is 344 Å². The molecule has 5 nitrogen and oxygen atoms in total. The maximum Gasteiger partial charge on any atom is 0.135 e. The quantitative estimate of drug-likeness (QED) is 0.161. The Morgan fingerprint density at radius 1 is 0.636 bits per heavy atom. The molecule has 0 fully saturated rings. The van der Waals surface area contributed by atoms with Crippen LogP contribution in [0.5, 0.6) is 11.5 Å². The fraction of sp³-hybridized carbons (Fsp3) is 0.388. The van der Waals surface area contributed by atoms with Crippen molar-refractivity contribution in [2.24, 2.45) is 0 Å². The average molecular weight is 913 g/mol. The summed E-state index contributed by atoms with van der Waals surface area (Å²) >= 11 is 0. The van der Waals surface area contributed by atoms with E-state index in [1.807, 2.05) is 12.3 Å². The topological polar surface area (TPSA) is 33.5 Å². The zero-order valence-corrected chi connectivity index (χ0v) is 37.4. The van der Waals surface area contributed by atoms with Crippen LogP contribution in [-0.4, -0.2) is 15.1 Å². The first-order valence-electron chi connectivity index (χ1n) is 19.4. The fourth-order valence-corrected chi connectivity index (χ4v) is 7.22. The van der Waals surface area contributed by atoms with E-state index in [2.05, 4.69) is 197 Å². The Morgan fingerprint density at radius 2 is 1.31 bits per heavy atom. The van der Waals surface area contributed by atoms with Gasteiger partial charge >= 0.3 is 0 Å². The van der Waals surface area contributed by atoms with Gasteiger partial charge in [0.2, 0.25) is 0 Å². The number of rotatable bonds is 5. The van der Waals surface area contributed by atoms with Crippen molar-refractivity contribution in [3.63, 3.8) is 0 Å². The Balaban J connectivity index is 0.00000514. The van der Waals surface area contributed by atoms with E-state index in [1.165, 1.54) is 33.3 Å². The Bertz CT molecular complexity index is 2380. The Morgan fingerprint density at radius 3 is 1.95 bits per heavy atom. The van der Waals surface area contributed by atoms with Gasteiger partial charge in [0.1, 0.15) is 5.82 Å². The van der Waals surface area contributed by atoms with Crippen molar-refractivity contribution in [3.05, 3.63) is 120 Å². The van der Waals surface area contributed by atoms with Gasteiger partial charge in [-0.15, -0.1) is 47.0 Å². The molecule has 1 aliphatic rings. The summed E-state index contributed by atoms with van der Waals surface area (Å²) in [6.45, 7) is 33.7. The predicted octanol–water partition coefficient (Wildman–Crippen LogP) is 13.5. The van der Waals surface area contributed by atoms with Gasteiger partial charge in [0.25, 0.3) is 0 Å². The van der Waals surface area contributed by atoms with Gasteiger partial charge in [-0.1, -0.05) is 99.9 Å². The molecule has 292 valence electrons. The van der Waals surface area contributed by atoms with E-state index in [9.17, 15) is 0 Å². The van der Waals surface area contributed by atoms with E-state index in [1.54, 1.807) is 0 Å². The minimum atomic E-state index is -0.121. The van der Waals surface area contributed by atoms with Crippen LogP contribution in [0.25, 0.3) is 27.6 Å². The van der Waals surface area contributed by atoms with Gasteiger partial charge < -0.3 is 19.1 Å². The van der Waals surface area contributed by atoms with Crippen molar-refractivity contribution in [3.8, 4) is 17.3 Å². The van der Waals surface area contributed by atoms with E-state index in [4.69, 9.17) is 9.72 Å². The van der Waals surface area contributed by atoms with Crippen molar-refractivity contribution in [1.29, 1.82) is 0 Å². The van der Waals surface area contributed by atoms with Crippen LogP contribution < -0.4 is 14.5 Å². The van der Waals surface area contributed by atoms with Gasteiger partial charge in [0.05, 0.1) is 0 Å². The molecule has 7 rings (SSSR count). The number of benzene rings is 4. The zero-order chi connectivity index (χ0) is 39.1. The maximum atomic E-state index is 6.80. The first-order chi connectivity index (χ1) is 25.1. The van der Waals surface area contributed by atoms with Crippen molar-refractivity contribution in [2.75, 3.05) is 9.80 Å². The molecule has 3 heterocycles. The number of aromatic nitrogens is 2. The number of hydrogen-bond acceptors (Lipinski definition) is 4. The van der Waals surface area contributed by atoms with Gasteiger partial charge in [-0.25, -0.2) is 4.98 Å². The molecular formula is C49H57N4OPt-3. The number of anilines is 3. The van der Waals surface area contributed by atoms with Crippen LogP contribution in [0.15, 0.2) is 79.0 Å². The molecule has 1 aliphatic heterocycles. The third-order valence-corrected chi connectivity index (χ3v) is 10.7. The summed E-state index contributed by atoms with van der Waals surface area (Å²) in [6.07, 6.45) is 1.92. The summed E-state index contributed by atoms with van der Waals surface area (Å²) in [5.41, 5.74) is 10.1. The fourth-order valence-electron chi connectivity index (χ4n) is 7.22. The zero-order valence-electron chi connectivity index (χ0n) is 35.2. The van der Waals surface area contributed by atoms with E-state index in [0.717, 1.165) is 33.6 Å². The Hall–Kier alpha value is -4.08. The summed E-state index contributed by atoms with van der Waals surface area (Å²) in [5, 5.41) is 2.30. The molecule has 0 unspecified atom stereocenters. The molecule has 0 aliphatic carbocycles. The molecule has 55 heavy (non-hydrogen) atoms. The first-order valence-corrected chi connectivity index (χ1v) is 19.4. The SMILES string of the molecule is CC(C)c1ccc2c(c1)N(C(C)(C)C)[CH-]N2c1[c-]c(Oc2[c-]c3c(cc2)c2cc(C(C)(C)C)ccc2n3-c2cc(C(C)(C)C)ccn2)cc(C(C)(C)C)c1.[Pt]. The number of nitrogens with zero attached hydrogens (tertiary/aromatic N) is 4. The number of fused-ring (bicyclic) bond motifs is 4. The predicted molar refractivity (Wildman–Crippen MR) is 228 cm³/mol. The molecule has 0 radical (unpaired) electrons. The summed E-state index contributed by atoms with van der Waals surface area (Å²) in [6, 6.07) is 33.9. The van der Waals surface area contributed by atoms with Crippen LogP contribution in [0.1, 0.15) is 125 Å². The smallest absolute Gasteiger partial charge is 0.135 e. The van der Waals surface area contributed by atoms with Crippen molar-refractivity contribution >= 4 is 38.9 Å². The van der Waals surface area contributed by atoms with E-state index >= 15 is 0 Å². The molecule has 6 aromatic rings. The molecule has 0 amide bonds. The standard InChI is InChI=1S/C49H57N4O.Pt/c1-31(2)32-15-19-42-44(23-32)52(49(12,13)14)30-51(42)36-24-35(48(9,10)11)25-38(28-36)54-37-17-18-39-40-26-33(46(3,4)5)16-20-41(40)53(43(39)29-37)45-27-34(21-22-50-45)47(6,7)8;/h15-27,30-31H,1-14H3;/q-3;. The number of ether oxygens (including phenoxy) is 1. The van der Waals surface area contributed by atoms with Crippen LogP contribution >= 0.6 is 0 Å². The van der Waals surface area contributed by atoms with Crippen molar-refractivity contribution in [1.82, 2.24) is 9.55 Å². The van der Waals surface area contributed by atoms with E-state index in [0.29, 0.717) is 17.4 Å². The summed E-state index contributed by atoms with van der Waals surface area (Å²) < 4.78 is 9.04. The summed E-state index contributed by atoms with van der Waals surface area (Å²) in [5.74, 6) is 2.59. The minimum absolute atomic E-state index is 0. The van der Waals surface area contributed by atoms with Crippen LogP contribution in [0.3, 0.4) is 0 Å². The molecule has 6 heteroatoms. The van der Waals surface area contributed by atoms with Crippen LogP contribution in [0.2, 0.25) is 0 Å². The molecule has 0 saturated heterocycles. The molecular weight excluding hydrogens is 856 g/mol. The number of pyridine rings is 1. The second kappa shape index (κ2) is 14.1. The molecule has 0 bridgehead atoms. The second-order valence-electron chi connectivity index (χ2n) is 19.5. The van der Waals surface area contributed by atoms with Gasteiger partial charge in [0, 0.05) is 61.2 Å². The summed E-state index contributed by atoms with van der Waals surface area (Å²) in [7, 11) is 0. The molecule has 0 atom stereocenters. The van der Waals surface area contributed by atoms with E-state index in [-0.39, 0.29) is 42.8 Å². The van der Waals surface area contributed by atoms with Gasteiger partial charge in [-0.3, -0.25) is 0 Å². The van der Waals surface area contributed by atoms with Crippen LogP contribution in [0.4, 0.5) is 17.1 Å². The second-order valence-corrected chi connectivity index (χ2v) is 19.5. The van der Waals surface area contributed by atoms with Crippen LogP contribution in [-0.2, 0) is 37.3 Å². The van der Waals surface area contributed by atoms with Crippen LogP contribution in [0, 0.1) is 18.8 Å². The molecule has 0 saturated carbocycles. The van der Waals surface area contributed by atoms with E-state index < -0.39 is 0 Å². The monoisotopic (exact) mass is 912 g/mol. The Kier molecular flexibility index (Phi) is 10.4. The molecule has 2 aromatic heterocycles. The van der Waals surface area contributed by atoms with Gasteiger partial charge in [0.15, 0.2) is 0 Å². The molecule has 0 spiro atoms. The third-order valence-electron chi connectivity index (χ3n) is 10.7. The average Bonchev–Trinajstić information content (AvgIpc) is 3.62. The molecule has 4 aromatic carbocycles. The maximum absolute atomic E-state index is 6.80. The summed E-state index contributed by atoms with van der Waals surface area (Å²) in [4.78, 5) is 9.55. The third kappa shape index (κ3) is 7.84.